The van der Waals surface area contributed by atoms with Gasteiger partial charge in [-0.25, -0.2) is 0 Å². The van der Waals surface area contributed by atoms with Crippen molar-refractivity contribution in [3.63, 3.8) is 0 Å². The molecule has 182 valence electrons. The van der Waals surface area contributed by atoms with E-state index in [1.54, 1.807) is 13.3 Å². The number of carbonyl (C=O) groups is 1. The zero-order chi connectivity index (χ0) is 24.4. The summed E-state index contributed by atoms with van der Waals surface area (Å²) in [4.78, 5) is 18.6. The van der Waals surface area contributed by atoms with E-state index >= 15 is 0 Å². The number of nitrogens with one attached hydrogen (secondary N) is 2. The number of benzene rings is 1. The Balaban J connectivity index is 1.58. The normalized spacial score (nSPS) is 21.7. The van der Waals surface area contributed by atoms with E-state index in [1.165, 1.54) is 6.92 Å². The van der Waals surface area contributed by atoms with Crippen molar-refractivity contribution in [1.29, 1.82) is 0 Å². The predicted octanol–water partition coefficient (Wildman–Crippen LogP) is 4.21. The van der Waals surface area contributed by atoms with Crippen molar-refractivity contribution >= 4 is 34.6 Å². The Morgan fingerprint density at radius 1 is 1.29 bits per heavy atom. The predicted molar refractivity (Wildman–Crippen MR) is 139 cm³/mol. The first-order valence-corrected chi connectivity index (χ1v) is 12.2. The summed E-state index contributed by atoms with van der Waals surface area (Å²) in [5, 5.41) is 6.96. The van der Waals surface area contributed by atoms with Crippen LogP contribution >= 0.6 is 12.2 Å². The summed E-state index contributed by atoms with van der Waals surface area (Å²) >= 11 is 5.86. The van der Waals surface area contributed by atoms with Crippen molar-refractivity contribution in [3.8, 4) is 5.75 Å². The van der Waals surface area contributed by atoms with E-state index in [1.807, 2.05) is 36.4 Å². The van der Waals surface area contributed by atoms with Gasteiger partial charge in [-0.1, -0.05) is 6.07 Å². The molecule has 3 atom stereocenters. The number of pyridine rings is 1. The van der Waals surface area contributed by atoms with Crippen LogP contribution in [0.4, 0.5) is 11.4 Å². The number of rotatable bonds is 7. The fourth-order valence-electron chi connectivity index (χ4n) is 4.94. The average molecular weight is 492 g/mol. The third-order valence-electron chi connectivity index (χ3n) is 6.46. The number of hydrogen-bond donors (Lipinski definition) is 2. The zero-order valence-electron chi connectivity index (χ0n) is 19.8. The maximum absolute atomic E-state index is 11.8. The first-order chi connectivity index (χ1) is 17.0. The van der Waals surface area contributed by atoms with Gasteiger partial charge < -0.3 is 29.6 Å². The molecule has 3 aromatic rings. The Morgan fingerprint density at radius 3 is 2.89 bits per heavy atom. The fourth-order valence-corrected chi connectivity index (χ4v) is 5.28. The number of anilines is 2. The number of ether oxygens (including phenoxy) is 2. The van der Waals surface area contributed by atoms with Crippen molar-refractivity contribution in [2.45, 2.75) is 44.5 Å². The van der Waals surface area contributed by atoms with Gasteiger partial charge in [0.1, 0.15) is 11.8 Å². The lowest BCUT2D eigenvalue weighted by Crippen LogP contribution is -2.31. The molecular formula is C26H29N5O3S. The van der Waals surface area contributed by atoms with E-state index in [2.05, 4.69) is 43.4 Å². The van der Waals surface area contributed by atoms with E-state index in [-0.39, 0.29) is 24.1 Å². The average Bonchev–Trinajstić information content (AvgIpc) is 3.60. The van der Waals surface area contributed by atoms with Crippen LogP contribution < -0.4 is 20.3 Å². The van der Waals surface area contributed by atoms with E-state index in [0.29, 0.717) is 16.5 Å². The summed E-state index contributed by atoms with van der Waals surface area (Å²) < 4.78 is 13.6. The topological polar surface area (TPSA) is 80.7 Å². The number of amides is 1. The summed E-state index contributed by atoms with van der Waals surface area (Å²) in [6, 6.07) is 15.5. The molecule has 0 radical (unpaired) electrons. The quantitative estimate of drug-likeness (QED) is 0.480. The second-order valence-electron chi connectivity index (χ2n) is 8.78. The van der Waals surface area contributed by atoms with Gasteiger partial charge in [0.2, 0.25) is 5.91 Å². The molecule has 35 heavy (non-hydrogen) atoms. The van der Waals surface area contributed by atoms with Gasteiger partial charge in [0.25, 0.3) is 0 Å². The minimum Gasteiger partial charge on any atom is -0.495 e. The molecule has 1 amide bonds. The Hall–Kier alpha value is -3.43. The van der Waals surface area contributed by atoms with Gasteiger partial charge in [0.15, 0.2) is 5.11 Å². The maximum atomic E-state index is 11.8. The molecule has 0 saturated carbocycles. The minimum atomic E-state index is -0.170. The van der Waals surface area contributed by atoms with Crippen LogP contribution in [-0.2, 0) is 16.1 Å². The number of aromatic nitrogens is 2. The summed E-state index contributed by atoms with van der Waals surface area (Å²) in [6.07, 6.45) is 6.26. The van der Waals surface area contributed by atoms with E-state index in [9.17, 15) is 4.79 Å². The number of hydrogen-bond acceptors (Lipinski definition) is 5. The molecule has 2 N–H and O–H groups in total. The van der Waals surface area contributed by atoms with Gasteiger partial charge >= 0.3 is 0 Å². The molecule has 5 rings (SSSR count). The third-order valence-corrected chi connectivity index (χ3v) is 6.78. The van der Waals surface area contributed by atoms with Crippen molar-refractivity contribution < 1.29 is 14.3 Å². The zero-order valence-corrected chi connectivity index (χ0v) is 20.6. The molecular weight excluding hydrogens is 462 g/mol. The van der Waals surface area contributed by atoms with E-state index < -0.39 is 0 Å². The highest BCUT2D eigenvalue weighted by atomic mass is 32.1. The third kappa shape index (κ3) is 4.74. The van der Waals surface area contributed by atoms with Crippen LogP contribution in [-0.4, -0.2) is 40.4 Å². The van der Waals surface area contributed by atoms with Crippen LogP contribution in [0.25, 0.3) is 0 Å². The standard InChI is InChI=1S/C26H29N5O3S/c1-17(32)28-21-15-18(10-11-23(21)33-2)31-25(24(29-26(31)35)20-8-3-4-12-27-20)22-9-5-13-30(22)16-19-7-6-14-34-19/h3-5,8-13,15,19,24-25H,6-7,14,16H2,1-2H3,(H,28,32)(H,29,35)/t19-,24-,25-/m0/s1. The molecule has 0 aliphatic carbocycles. The molecule has 0 unspecified atom stereocenters. The van der Waals surface area contributed by atoms with Crippen molar-refractivity contribution in [2.24, 2.45) is 0 Å². The van der Waals surface area contributed by atoms with Gasteiger partial charge in [-0.05, 0) is 67.5 Å². The maximum Gasteiger partial charge on any atom is 0.221 e. The molecule has 2 aromatic heterocycles. The molecule has 2 fully saturated rings. The molecule has 0 spiro atoms. The number of nitrogens with zero attached hydrogens (tertiary/aromatic N) is 3. The lowest BCUT2D eigenvalue weighted by Gasteiger charge is -2.30. The minimum absolute atomic E-state index is 0.159. The first-order valence-electron chi connectivity index (χ1n) is 11.8. The van der Waals surface area contributed by atoms with Crippen LogP contribution in [0, 0.1) is 0 Å². The molecule has 2 aliphatic heterocycles. The van der Waals surface area contributed by atoms with Gasteiger partial charge in [0, 0.05) is 43.9 Å². The molecule has 8 nitrogen and oxygen atoms in total. The van der Waals surface area contributed by atoms with Gasteiger partial charge in [-0.2, -0.15) is 0 Å². The second-order valence-corrected chi connectivity index (χ2v) is 9.17. The van der Waals surface area contributed by atoms with Crippen molar-refractivity contribution in [2.75, 3.05) is 23.9 Å². The Labute approximate surface area is 210 Å². The van der Waals surface area contributed by atoms with Crippen LogP contribution in [0.5, 0.6) is 5.75 Å². The summed E-state index contributed by atoms with van der Waals surface area (Å²) in [5.74, 6) is 0.414. The number of thiocarbonyl (C=S) groups is 1. The second kappa shape index (κ2) is 10.1. The van der Waals surface area contributed by atoms with Gasteiger partial charge in [-0.3, -0.25) is 9.78 Å². The molecule has 4 heterocycles. The highest BCUT2D eigenvalue weighted by Gasteiger charge is 2.42. The molecule has 0 bridgehead atoms. The van der Waals surface area contributed by atoms with Gasteiger partial charge in [-0.15, -0.1) is 0 Å². The highest BCUT2D eigenvalue weighted by Crippen LogP contribution is 2.43. The van der Waals surface area contributed by atoms with Crippen LogP contribution in [0.15, 0.2) is 60.9 Å². The summed E-state index contributed by atoms with van der Waals surface area (Å²) in [5.41, 5.74) is 3.46. The van der Waals surface area contributed by atoms with Gasteiger partial charge in [0.05, 0.1) is 30.6 Å². The van der Waals surface area contributed by atoms with E-state index in [0.717, 1.165) is 43.1 Å². The summed E-state index contributed by atoms with van der Waals surface area (Å²) in [6.45, 7) is 3.08. The molecule has 2 saturated heterocycles. The summed E-state index contributed by atoms with van der Waals surface area (Å²) in [7, 11) is 1.58. The Kier molecular flexibility index (Phi) is 6.70. The Morgan fingerprint density at radius 2 is 2.17 bits per heavy atom. The smallest absolute Gasteiger partial charge is 0.221 e. The van der Waals surface area contributed by atoms with E-state index in [4.69, 9.17) is 21.7 Å². The largest absolute Gasteiger partial charge is 0.495 e. The van der Waals surface area contributed by atoms with Crippen molar-refractivity contribution in [1.82, 2.24) is 14.9 Å². The molecule has 2 aliphatic rings. The molecule has 9 heteroatoms. The van der Waals surface area contributed by atoms with Crippen LogP contribution in [0.2, 0.25) is 0 Å². The Bertz CT molecular complexity index is 1210. The first kappa shape index (κ1) is 23.3. The number of methoxy groups -OCH3 is 1. The monoisotopic (exact) mass is 491 g/mol. The SMILES string of the molecule is COc1ccc(N2C(=S)N[C@@H](c3ccccn3)[C@@H]2c2cccn2C[C@@H]2CCCO2)cc1NC(C)=O. The highest BCUT2D eigenvalue weighted by molar-refractivity contribution is 7.80. The number of carbonyl (C=O) groups excluding carboxylic acids is 1. The lowest BCUT2D eigenvalue weighted by atomic mass is 10.0. The lowest BCUT2D eigenvalue weighted by molar-refractivity contribution is -0.114. The molecule has 1 aromatic carbocycles. The van der Waals surface area contributed by atoms with Crippen LogP contribution in [0.3, 0.4) is 0 Å². The van der Waals surface area contributed by atoms with Crippen LogP contribution in [0.1, 0.15) is 43.2 Å². The fraction of sp³-hybridized carbons (Fsp3) is 0.346. The van der Waals surface area contributed by atoms with Crippen molar-refractivity contribution in [3.05, 3.63) is 72.3 Å².